The van der Waals surface area contributed by atoms with Gasteiger partial charge in [0.1, 0.15) is 11.6 Å². The second kappa shape index (κ2) is 7.39. The molecule has 27 heavy (non-hydrogen) atoms. The first-order valence-corrected chi connectivity index (χ1v) is 12.0. The van der Waals surface area contributed by atoms with E-state index < -0.39 is 25.5 Å². The van der Waals surface area contributed by atoms with Gasteiger partial charge in [-0.15, -0.1) is 10.2 Å². The van der Waals surface area contributed by atoms with Gasteiger partial charge in [0.25, 0.3) is 10.2 Å². The van der Waals surface area contributed by atoms with E-state index in [1.54, 1.807) is 18.2 Å². The van der Waals surface area contributed by atoms with Crippen molar-refractivity contribution in [3.63, 3.8) is 0 Å². The van der Waals surface area contributed by atoms with Crippen LogP contribution in [0, 0.1) is 0 Å². The van der Waals surface area contributed by atoms with Crippen LogP contribution in [0.2, 0.25) is 0 Å². The van der Waals surface area contributed by atoms with Crippen LogP contribution in [0.4, 0.5) is 0 Å². The first-order chi connectivity index (χ1) is 12.5. The molecule has 2 aliphatic heterocycles. The van der Waals surface area contributed by atoms with Crippen molar-refractivity contribution in [3.05, 3.63) is 11.6 Å². The SMILES string of the molecule is CC(C)S(=O)(=O)N1CCC(c2nnc3n2CCN(S(=O)(=O)N(C)C)C3)CC1. The molecule has 3 heterocycles. The van der Waals surface area contributed by atoms with Gasteiger partial charge in [-0.2, -0.15) is 17.0 Å². The fourth-order valence-electron chi connectivity index (χ4n) is 3.55. The summed E-state index contributed by atoms with van der Waals surface area (Å²) in [6.45, 7) is 5.44. The van der Waals surface area contributed by atoms with Crippen LogP contribution in [-0.2, 0) is 33.3 Å². The van der Waals surface area contributed by atoms with Crippen LogP contribution >= 0.6 is 0 Å². The van der Waals surface area contributed by atoms with Gasteiger partial charge in [0, 0.05) is 46.2 Å². The quantitative estimate of drug-likeness (QED) is 0.654. The lowest BCUT2D eigenvalue weighted by Crippen LogP contribution is -2.45. The Kier molecular flexibility index (Phi) is 5.65. The molecular formula is C15H28N6O4S2. The average molecular weight is 421 g/mol. The number of hydrogen-bond donors (Lipinski definition) is 0. The van der Waals surface area contributed by atoms with Gasteiger partial charge in [-0.25, -0.2) is 12.7 Å². The molecule has 0 saturated carbocycles. The average Bonchev–Trinajstić information content (AvgIpc) is 3.04. The van der Waals surface area contributed by atoms with Crippen LogP contribution in [0.15, 0.2) is 0 Å². The Bertz CT molecular complexity index is 885. The first kappa shape index (κ1) is 20.6. The molecule has 1 aromatic heterocycles. The molecule has 0 aliphatic carbocycles. The van der Waals surface area contributed by atoms with Crippen molar-refractivity contribution in [3.8, 4) is 0 Å². The molecule has 10 nitrogen and oxygen atoms in total. The van der Waals surface area contributed by atoms with Gasteiger partial charge < -0.3 is 4.57 Å². The fraction of sp³-hybridized carbons (Fsp3) is 0.867. The highest BCUT2D eigenvalue weighted by molar-refractivity contribution is 7.89. The zero-order valence-electron chi connectivity index (χ0n) is 16.2. The monoisotopic (exact) mass is 420 g/mol. The van der Waals surface area contributed by atoms with Crippen molar-refractivity contribution in [1.29, 1.82) is 0 Å². The van der Waals surface area contributed by atoms with E-state index in [9.17, 15) is 16.8 Å². The van der Waals surface area contributed by atoms with Crippen molar-refractivity contribution >= 4 is 20.2 Å². The third kappa shape index (κ3) is 3.77. The maximum absolute atomic E-state index is 12.3. The minimum atomic E-state index is -3.48. The van der Waals surface area contributed by atoms with E-state index in [1.165, 1.54) is 22.7 Å². The van der Waals surface area contributed by atoms with Gasteiger partial charge in [-0.3, -0.25) is 0 Å². The Labute approximate surface area is 161 Å². The van der Waals surface area contributed by atoms with Crippen LogP contribution < -0.4 is 0 Å². The lowest BCUT2D eigenvalue weighted by Gasteiger charge is -2.33. The van der Waals surface area contributed by atoms with Crippen molar-refractivity contribution in [2.75, 3.05) is 33.7 Å². The summed E-state index contributed by atoms with van der Waals surface area (Å²) >= 11 is 0. The molecule has 3 rings (SSSR count). The number of piperidine rings is 1. The molecule has 0 unspecified atom stereocenters. The predicted molar refractivity (Wildman–Crippen MR) is 101 cm³/mol. The molecule has 12 heteroatoms. The van der Waals surface area contributed by atoms with Crippen molar-refractivity contribution in [2.45, 2.75) is 50.9 Å². The Hall–Kier alpha value is -1.08. The highest BCUT2D eigenvalue weighted by Gasteiger charge is 2.35. The Morgan fingerprint density at radius 3 is 2.15 bits per heavy atom. The van der Waals surface area contributed by atoms with Crippen molar-refractivity contribution < 1.29 is 16.8 Å². The second-order valence-corrected chi connectivity index (χ2v) is 12.1. The van der Waals surface area contributed by atoms with Crippen LogP contribution in [0.5, 0.6) is 0 Å². The molecule has 0 amide bonds. The highest BCUT2D eigenvalue weighted by Crippen LogP contribution is 2.30. The van der Waals surface area contributed by atoms with E-state index >= 15 is 0 Å². The lowest BCUT2D eigenvalue weighted by molar-refractivity contribution is 0.289. The molecular weight excluding hydrogens is 392 g/mol. The molecule has 1 aromatic rings. The minimum Gasteiger partial charge on any atom is -0.312 e. The number of nitrogens with zero attached hydrogens (tertiary/aromatic N) is 6. The van der Waals surface area contributed by atoms with Gasteiger partial charge in [0.05, 0.1) is 11.8 Å². The zero-order valence-corrected chi connectivity index (χ0v) is 17.9. The van der Waals surface area contributed by atoms with Gasteiger partial charge >= 0.3 is 0 Å². The molecule has 0 spiro atoms. The van der Waals surface area contributed by atoms with E-state index in [2.05, 4.69) is 10.2 Å². The highest BCUT2D eigenvalue weighted by atomic mass is 32.2. The standard InChI is InChI=1S/C15H28N6O4S2/c1-12(2)26(22,23)19-7-5-13(6-8-19)15-17-16-14-11-20(9-10-21(14)15)27(24,25)18(3)4/h12-13H,5-11H2,1-4H3. The summed E-state index contributed by atoms with van der Waals surface area (Å²) < 4.78 is 55.4. The van der Waals surface area contributed by atoms with Gasteiger partial charge in [-0.05, 0) is 26.7 Å². The molecule has 0 N–H and O–H groups in total. The summed E-state index contributed by atoms with van der Waals surface area (Å²) in [5.41, 5.74) is 0. The normalized spacial score (nSPS) is 21.1. The van der Waals surface area contributed by atoms with E-state index in [4.69, 9.17) is 0 Å². The predicted octanol–water partition coefficient (Wildman–Crippen LogP) is -0.182. The third-order valence-electron chi connectivity index (χ3n) is 5.31. The number of aromatic nitrogens is 3. The second-order valence-electron chi connectivity index (χ2n) is 7.52. The van der Waals surface area contributed by atoms with E-state index in [0.717, 1.165) is 5.82 Å². The zero-order chi connectivity index (χ0) is 20.0. The summed E-state index contributed by atoms with van der Waals surface area (Å²) in [7, 11) is -3.68. The number of rotatable bonds is 5. The summed E-state index contributed by atoms with van der Waals surface area (Å²) in [6.07, 6.45) is 1.40. The van der Waals surface area contributed by atoms with Crippen LogP contribution in [0.25, 0.3) is 0 Å². The molecule has 154 valence electrons. The van der Waals surface area contributed by atoms with Crippen LogP contribution in [0.3, 0.4) is 0 Å². The smallest absolute Gasteiger partial charge is 0.281 e. The largest absolute Gasteiger partial charge is 0.312 e. The van der Waals surface area contributed by atoms with E-state index in [1.807, 2.05) is 4.57 Å². The number of sulfonamides is 1. The summed E-state index contributed by atoms with van der Waals surface area (Å²) in [5, 5.41) is 8.11. The molecule has 0 radical (unpaired) electrons. The van der Waals surface area contributed by atoms with Crippen molar-refractivity contribution in [1.82, 2.24) is 27.7 Å². The first-order valence-electron chi connectivity index (χ1n) is 9.13. The summed E-state index contributed by atoms with van der Waals surface area (Å²) in [4.78, 5) is 0. The van der Waals surface area contributed by atoms with Gasteiger partial charge in [0.2, 0.25) is 10.0 Å². The fourth-order valence-corrected chi connectivity index (χ4v) is 5.92. The molecule has 0 atom stereocenters. The molecule has 2 aliphatic rings. The molecule has 0 aromatic carbocycles. The Morgan fingerprint density at radius 1 is 0.963 bits per heavy atom. The van der Waals surface area contributed by atoms with Crippen molar-refractivity contribution in [2.24, 2.45) is 0 Å². The maximum Gasteiger partial charge on any atom is 0.281 e. The number of hydrogen-bond acceptors (Lipinski definition) is 6. The molecule has 1 saturated heterocycles. The Morgan fingerprint density at radius 2 is 1.59 bits per heavy atom. The molecule has 0 bridgehead atoms. The minimum absolute atomic E-state index is 0.141. The topological polar surface area (TPSA) is 109 Å². The van der Waals surface area contributed by atoms with Gasteiger partial charge in [0.15, 0.2) is 0 Å². The summed E-state index contributed by atoms with van der Waals surface area (Å²) in [5.74, 6) is 1.62. The lowest BCUT2D eigenvalue weighted by atomic mass is 9.97. The Balaban J connectivity index is 1.71. The van der Waals surface area contributed by atoms with E-state index in [-0.39, 0.29) is 12.5 Å². The maximum atomic E-state index is 12.3. The number of fused-ring (bicyclic) bond motifs is 1. The van der Waals surface area contributed by atoms with Crippen LogP contribution in [0.1, 0.15) is 44.3 Å². The van der Waals surface area contributed by atoms with E-state index in [0.29, 0.717) is 44.8 Å². The summed E-state index contributed by atoms with van der Waals surface area (Å²) in [6, 6.07) is 0. The molecule has 1 fully saturated rings. The van der Waals surface area contributed by atoms with Crippen LogP contribution in [-0.4, -0.2) is 83.5 Å². The van der Waals surface area contributed by atoms with Gasteiger partial charge in [-0.1, -0.05) is 0 Å². The third-order valence-corrected chi connectivity index (χ3v) is 9.47.